The number of ether oxygens (including phenoxy) is 2. The highest BCUT2D eigenvalue weighted by molar-refractivity contribution is 5.85. The standard InChI is InChI=1S/C27H22FNO6/c28-18-8-5-16(6-9-18)11-12-29-24(30)14-20(17-7-10-22-23(13-17)34-15-33-22)25-26(31)19-3-1-2-4-21(19)35-27(25)32/h1-10,13,20,31H,11-12,14-15H2,(H,29,30). The maximum absolute atomic E-state index is 13.1. The average molecular weight is 475 g/mol. The van der Waals surface area contributed by atoms with E-state index in [1.807, 2.05) is 0 Å². The van der Waals surface area contributed by atoms with Crippen LogP contribution < -0.4 is 20.4 Å². The minimum absolute atomic E-state index is 0.00347. The molecule has 0 aliphatic carbocycles. The third-order valence-corrected chi connectivity index (χ3v) is 6.01. The largest absolute Gasteiger partial charge is 0.507 e. The molecule has 8 heteroatoms. The summed E-state index contributed by atoms with van der Waals surface area (Å²) in [4.78, 5) is 25.9. The van der Waals surface area contributed by atoms with Crippen molar-refractivity contribution in [2.45, 2.75) is 18.8 Å². The van der Waals surface area contributed by atoms with Crippen LogP contribution in [0.25, 0.3) is 11.0 Å². The van der Waals surface area contributed by atoms with Crippen LogP contribution in [-0.2, 0) is 11.2 Å². The first-order valence-electron chi connectivity index (χ1n) is 11.1. The lowest BCUT2D eigenvalue weighted by molar-refractivity contribution is -0.121. The van der Waals surface area contributed by atoms with E-state index in [0.29, 0.717) is 35.4 Å². The smallest absolute Gasteiger partial charge is 0.343 e. The molecule has 1 amide bonds. The molecule has 7 nitrogen and oxygen atoms in total. The topological polar surface area (TPSA) is 98.0 Å². The second kappa shape index (κ2) is 9.50. The molecule has 2 N–H and O–H groups in total. The van der Waals surface area contributed by atoms with Crippen LogP contribution in [0.1, 0.15) is 29.0 Å². The summed E-state index contributed by atoms with van der Waals surface area (Å²) in [6.07, 6.45) is 0.407. The van der Waals surface area contributed by atoms with Crippen LogP contribution in [0.5, 0.6) is 17.2 Å². The van der Waals surface area contributed by atoms with Crippen LogP contribution in [0.15, 0.2) is 75.9 Å². The van der Waals surface area contributed by atoms with Crippen molar-refractivity contribution in [3.05, 3.63) is 99.7 Å². The van der Waals surface area contributed by atoms with Gasteiger partial charge in [0, 0.05) is 18.9 Å². The van der Waals surface area contributed by atoms with Crippen LogP contribution in [0.2, 0.25) is 0 Å². The summed E-state index contributed by atoms with van der Waals surface area (Å²) in [7, 11) is 0. The van der Waals surface area contributed by atoms with Gasteiger partial charge in [-0.05, 0) is 53.9 Å². The maximum Gasteiger partial charge on any atom is 0.343 e. The van der Waals surface area contributed by atoms with E-state index in [4.69, 9.17) is 13.9 Å². The number of carbonyl (C=O) groups excluding carboxylic acids is 1. The van der Waals surface area contributed by atoms with Gasteiger partial charge in [0.15, 0.2) is 11.5 Å². The summed E-state index contributed by atoms with van der Waals surface area (Å²) in [5.74, 6) is -0.602. The van der Waals surface area contributed by atoms with Crippen LogP contribution >= 0.6 is 0 Å². The molecule has 1 atom stereocenters. The lowest BCUT2D eigenvalue weighted by Gasteiger charge is -2.19. The number of nitrogens with one attached hydrogen (secondary N) is 1. The van der Waals surface area contributed by atoms with E-state index < -0.39 is 11.5 Å². The molecule has 2 heterocycles. The molecule has 0 radical (unpaired) electrons. The van der Waals surface area contributed by atoms with Crippen molar-refractivity contribution in [3.8, 4) is 17.2 Å². The van der Waals surface area contributed by atoms with Gasteiger partial charge in [-0.2, -0.15) is 0 Å². The Morgan fingerprint density at radius 3 is 2.63 bits per heavy atom. The Bertz CT molecular complexity index is 1450. The van der Waals surface area contributed by atoms with Crippen LogP contribution in [0.3, 0.4) is 0 Å². The van der Waals surface area contributed by atoms with Crippen molar-refractivity contribution < 1.29 is 28.2 Å². The number of para-hydroxylation sites is 1. The van der Waals surface area contributed by atoms with Gasteiger partial charge in [0.05, 0.1) is 10.9 Å². The van der Waals surface area contributed by atoms with Gasteiger partial charge in [-0.15, -0.1) is 0 Å². The third kappa shape index (κ3) is 4.68. The summed E-state index contributed by atoms with van der Waals surface area (Å²) in [6.45, 7) is 0.410. The molecule has 1 aliphatic rings. The molecule has 3 aromatic carbocycles. The number of aromatic hydroxyl groups is 1. The monoisotopic (exact) mass is 475 g/mol. The van der Waals surface area contributed by atoms with Crippen LogP contribution in [0, 0.1) is 5.82 Å². The molecule has 4 aromatic rings. The minimum atomic E-state index is -0.795. The van der Waals surface area contributed by atoms with Gasteiger partial charge in [0.2, 0.25) is 12.7 Å². The molecule has 35 heavy (non-hydrogen) atoms. The van der Waals surface area contributed by atoms with Crippen molar-refractivity contribution in [1.82, 2.24) is 5.32 Å². The first kappa shape index (κ1) is 22.5. The maximum atomic E-state index is 13.1. The molecule has 1 unspecified atom stereocenters. The summed E-state index contributed by atoms with van der Waals surface area (Å²) in [5, 5.41) is 14.3. The number of amides is 1. The molecule has 178 valence electrons. The molecule has 0 saturated heterocycles. The van der Waals surface area contributed by atoms with Gasteiger partial charge in [-0.3, -0.25) is 4.79 Å². The first-order valence-corrected chi connectivity index (χ1v) is 11.1. The number of benzene rings is 3. The van der Waals surface area contributed by atoms with E-state index in [1.54, 1.807) is 54.6 Å². The Kier molecular flexibility index (Phi) is 6.10. The lowest BCUT2D eigenvalue weighted by Crippen LogP contribution is -2.28. The normalized spacial score (nSPS) is 13.1. The predicted octanol–water partition coefficient (Wildman–Crippen LogP) is 4.25. The second-order valence-electron chi connectivity index (χ2n) is 8.24. The number of carbonyl (C=O) groups is 1. The highest BCUT2D eigenvalue weighted by Gasteiger charge is 2.28. The zero-order valence-corrected chi connectivity index (χ0v) is 18.6. The van der Waals surface area contributed by atoms with Gasteiger partial charge in [-0.1, -0.05) is 30.3 Å². The Labute approximate surface area is 199 Å². The fourth-order valence-corrected chi connectivity index (χ4v) is 4.23. The lowest BCUT2D eigenvalue weighted by atomic mass is 9.87. The van der Waals surface area contributed by atoms with E-state index in [-0.39, 0.29) is 41.8 Å². The SMILES string of the molecule is O=C(CC(c1ccc2c(c1)OCO2)c1c(O)c2ccccc2oc1=O)NCCc1ccc(F)cc1. The van der Waals surface area contributed by atoms with Gasteiger partial charge in [0.1, 0.15) is 17.1 Å². The number of halogens is 1. The number of hydrogen-bond acceptors (Lipinski definition) is 6. The predicted molar refractivity (Wildman–Crippen MR) is 126 cm³/mol. The zero-order valence-electron chi connectivity index (χ0n) is 18.6. The highest BCUT2D eigenvalue weighted by atomic mass is 19.1. The van der Waals surface area contributed by atoms with E-state index in [2.05, 4.69) is 5.32 Å². The minimum Gasteiger partial charge on any atom is -0.507 e. The van der Waals surface area contributed by atoms with Crippen LogP contribution in [0.4, 0.5) is 4.39 Å². The molecule has 1 aliphatic heterocycles. The number of hydrogen-bond donors (Lipinski definition) is 2. The van der Waals surface area contributed by atoms with E-state index in [0.717, 1.165) is 5.56 Å². The number of fused-ring (bicyclic) bond motifs is 2. The summed E-state index contributed by atoms with van der Waals surface area (Å²) in [6, 6.07) is 17.9. The van der Waals surface area contributed by atoms with Crippen molar-refractivity contribution >= 4 is 16.9 Å². The van der Waals surface area contributed by atoms with Crippen molar-refractivity contribution in [2.75, 3.05) is 13.3 Å². The Morgan fingerprint density at radius 2 is 1.80 bits per heavy atom. The van der Waals surface area contributed by atoms with E-state index in [1.165, 1.54) is 12.1 Å². The summed E-state index contributed by atoms with van der Waals surface area (Å²) < 4.78 is 29.4. The molecular formula is C27H22FNO6. The van der Waals surface area contributed by atoms with Crippen molar-refractivity contribution in [2.24, 2.45) is 0 Å². The Hall–Kier alpha value is -4.33. The summed E-state index contributed by atoms with van der Waals surface area (Å²) >= 11 is 0. The molecular weight excluding hydrogens is 453 g/mol. The van der Waals surface area contributed by atoms with Crippen molar-refractivity contribution in [1.29, 1.82) is 0 Å². The van der Waals surface area contributed by atoms with Crippen molar-refractivity contribution in [3.63, 3.8) is 0 Å². The third-order valence-electron chi connectivity index (χ3n) is 6.01. The second-order valence-corrected chi connectivity index (χ2v) is 8.24. The average Bonchev–Trinajstić information content (AvgIpc) is 3.33. The van der Waals surface area contributed by atoms with Gasteiger partial charge < -0.3 is 24.3 Å². The molecule has 0 bridgehead atoms. The molecule has 1 aromatic heterocycles. The van der Waals surface area contributed by atoms with E-state index in [9.17, 15) is 19.1 Å². The quantitative estimate of drug-likeness (QED) is 0.388. The molecule has 0 fully saturated rings. The van der Waals surface area contributed by atoms with Gasteiger partial charge in [-0.25, -0.2) is 9.18 Å². The Balaban J connectivity index is 1.44. The molecule has 0 spiro atoms. The van der Waals surface area contributed by atoms with Crippen LogP contribution in [-0.4, -0.2) is 24.4 Å². The molecule has 5 rings (SSSR count). The molecule has 0 saturated carbocycles. The zero-order chi connectivity index (χ0) is 24.4. The Morgan fingerprint density at radius 1 is 1.03 bits per heavy atom. The van der Waals surface area contributed by atoms with E-state index >= 15 is 0 Å². The fraction of sp³-hybridized carbons (Fsp3) is 0.185. The highest BCUT2D eigenvalue weighted by Crippen LogP contribution is 2.40. The van der Waals surface area contributed by atoms with Gasteiger partial charge in [0.25, 0.3) is 0 Å². The number of rotatable bonds is 7. The van der Waals surface area contributed by atoms with Gasteiger partial charge >= 0.3 is 5.63 Å². The summed E-state index contributed by atoms with van der Waals surface area (Å²) in [5.41, 5.74) is 1.01. The first-order chi connectivity index (χ1) is 17.0. The fourth-order valence-electron chi connectivity index (χ4n) is 4.23.